The molecule has 1 heterocycles. The van der Waals surface area contributed by atoms with Crippen molar-refractivity contribution >= 4 is 5.91 Å². The van der Waals surface area contributed by atoms with Crippen LogP contribution in [0.4, 0.5) is 0 Å². The Hall–Kier alpha value is -2.37. The molecule has 1 aliphatic heterocycles. The Morgan fingerprint density at radius 1 is 0.449 bits per heavy atom. The second-order valence-corrected chi connectivity index (χ2v) is 22.9. The summed E-state index contributed by atoms with van der Waals surface area (Å²) in [5, 5.41) is 54.7. The molecule has 78 heavy (non-hydrogen) atoms. The fraction of sp³-hybridized carbons (Fsp3) is 0.812. The van der Waals surface area contributed by atoms with Crippen molar-refractivity contribution in [2.75, 3.05) is 13.2 Å². The maximum atomic E-state index is 13.1. The third-order valence-corrected chi connectivity index (χ3v) is 15.5. The number of aliphatic hydroxyl groups excluding tert-OH is 5. The van der Waals surface area contributed by atoms with E-state index in [2.05, 4.69) is 79.9 Å². The van der Waals surface area contributed by atoms with E-state index in [4.69, 9.17) is 9.47 Å². The molecule has 0 saturated carbocycles. The molecule has 1 amide bonds. The van der Waals surface area contributed by atoms with E-state index in [9.17, 15) is 30.3 Å². The van der Waals surface area contributed by atoms with Crippen LogP contribution in [0.25, 0.3) is 0 Å². The molecule has 1 fully saturated rings. The van der Waals surface area contributed by atoms with Crippen molar-refractivity contribution in [3.05, 3.63) is 72.9 Å². The number of amides is 1. The van der Waals surface area contributed by atoms with Crippen LogP contribution >= 0.6 is 0 Å². The summed E-state index contributed by atoms with van der Waals surface area (Å²) < 4.78 is 11.3. The lowest BCUT2D eigenvalue weighted by Gasteiger charge is -2.40. The van der Waals surface area contributed by atoms with E-state index >= 15 is 0 Å². The number of rotatable bonds is 57. The van der Waals surface area contributed by atoms with E-state index < -0.39 is 49.5 Å². The molecule has 0 aromatic heterocycles. The zero-order valence-corrected chi connectivity index (χ0v) is 50.7. The lowest BCUT2D eigenvalue weighted by Crippen LogP contribution is -2.60. The number of unbranched alkanes of at least 4 members (excludes halogenated alkanes) is 37. The Morgan fingerprint density at radius 2 is 0.795 bits per heavy atom. The predicted molar refractivity (Wildman–Crippen MR) is 332 cm³/mol. The second kappa shape index (κ2) is 57.8. The largest absolute Gasteiger partial charge is 0.394 e. The standard InChI is InChI=1S/C69H125NO8/c1-3-5-7-9-11-13-15-17-19-21-23-25-27-29-30-31-32-33-34-35-37-39-41-43-45-47-49-51-53-55-57-59-65(73)70-62(61-77-69-68(76)67(75)66(74)64(60-71)78-69)63(72)58-56-54-52-50-48-46-44-42-40-38-36-28-26-24-22-20-18-16-14-12-10-8-6-4-2/h5,7,11,13,17,19,23,25,29-30,56,58,62-64,66-69,71-72,74-76H,3-4,6,8-10,12,14-16,18,20-22,24,26-28,31-55,57,59-61H2,1-2H3,(H,70,73)/b7-5-,13-11-,19-17-,25-23-,30-29-,58-56+. The number of nitrogens with one attached hydrogen (secondary N) is 1. The number of hydrogen-bond donors (Lipinski definition) is 6. The van der Waals surface area contributed by atoms with Crippen molar-refractivity contribution in [2.45, 2.75) is 346 Å². The highest BCUT2D eigenvalue weighted by Gasteiger charge is 2.44. The smallest absolute Gasteiger partial charge is 0.220 e. The van der Waals surface area contributed by atoms with Crippen LogP contribution in [-0.2, 0) is 14.3 Å². The average Bonchev–Trinajstić information content (AvgIpc) is 3.45. The van der Waals surface area contributed by atoms with Gasteiger partial charge in [0.15, 0.2) is 6.29 Å². The van der Waals surface area contributed by atoms with Gasteiger partial charge in [-0.05, 0) is 64.2 Å². The molecule has 7 unspecified atom stereocenters. The summed E-state index contributed by atoms with van der Waals surface area (Å²) in [7, 11) is 0. The van der Waals surface area contributed by atoms with Gasteiger partial charge in [-0.1, -0.05) is 305 Å². The van der Waals surface area contributed by atoms with Gasteiger partial charge < -0.3 is 40.3 Å². The van der Waals surface area contributed by atoms with Crippen LogP contribution in [0, 0.1) is 0 Å². The Bertz CT molecular complexity index is 1460. The third kappa shape index (κ3) is 46.3. The maximum Gasteiger partial charge on any atom is 0.220 e. The van der Waals surface area contributed by atoms with E-state index in [-0.39, 0.29) is 12.5 Å². The predicted octanol–water partition coefficient (Wildman–Crippen LogP) is 17.6. The number of aliphatic hydroxyl groups is 5. The first-order valence-electron chi connectivity index (χ1n) is 33.2. The normalized spacial score (nSPS) is 19.1. The highest BCUT2D eigenvalue weighted by Crippen LogP contribution is 2.23. The monoisotopic (exact) mass is 1100 g/mol. The van der Waals surface area contributed by atoms with Crippen LogP contribution < -0.4 is 5.32 Å². The zero-order valence-electron chi connectivity index (χ0n) is 50.7. The molecule has 6 N–H and O–H groups in total. The molecule has 454 valence electrons. The fourth-order valence-corrected chi connectivity index (χ4v) is 10.4. The van der Waals surface area contributed by atoms with Crippen molar-refractivity contribution in [3.8, 4) is 0 Å². The molecule has 1 saturated heterocycles. The summed E-state index contributed by atoms with van der Waals surface area (Å²) in [6.07, 6.45) is 74.1. The number of ether oxygens (including phenoxy) is 2. The van der Waals surface area contributed by atoms with Crippen molar-refractivity contribution in [3.63, 3.8) is 0 Å². The van der Waals surface area contributed by atoms with Crippen LogP contribution in [0.15, 0.2) is 72.9 Å². The Kier molecular flexibility index (Phi) is 54.6. The van der Waals surface area contributed by atoms with Gasteiger partial charge in [-0.3, -0.25) is 4.79 Å². The quantitative estimate of drug-likeness (QED) is 0.0261. The minimum absolute atomic E-state index is 0.175. The molecular weight excluding hydrogens is 971 g/mol. The molecule has 9 nitrogen and oxygen atoms in total. The summed E-state index contributed by atoms with van der Waals surface area (Å²) >= 11 is 0. The topological polar surface area (TPSA) is 149 Å². The molecular formula is C69H125NO8. The lowest BCUT2D eigenvalue weighted by molar-refractivity contribution is -0.302. The highest BCUT2D eigenvalue weighted by atomic mass is 16.7. The summed E-state index contributed by atoms with van der Waals surface area (Å²) in [6, 6.07) is -0.809. The van der Waals surface area contributed by atoms with Gasteiger partial charge in [-0.15, -0.1) is 0 Å². The molecule has 0 radical (unpaired) electrons. The van der Waals surface area contributed by atoms with Crippen molar-refractivity contribution in [2.24, 2.45) is 0 Å². The first-order valence-corrected chi connectivity index (χ1v) is 33.2. The van der Waals surface area contributed by atoms with Gasteiger partial charge in [0.1, 0.15) is 24.4 Å². The number of allylic oxidation sites excluding steroid dienone is 11. The highest BCUT2D eigenvalue weighted by molar-refractivity contribution is 5.76. The first-order chi connectivity index (χ1) is 38.3. The van der Waals surface area contributed by atoms with E-state index in [0.29, 0.717) is 6.42 Å². The molecule has 0 bridgehead atoms. The Morgan fingerprint density at radius 3 is 1.18 bits per heavy atom. The molecule has 0 aromatic carbocycles. The van der Waals surface area contributed by atoms with E-state index in [1.165, 1.54) is 212 Å². The minimum atomic E-state index is -1.57. The molecule has 9 heteroatoms. The van der Waals surface area contributed by atoms with Crippen LogP contribution in [0.3, 0.4) is 0 Å². The molecule has 0 spiro atoms. The fourth-order valence-electron chi connectivity index (χ4n) is 10.4. The van der Waals surface area contributed by atoms with E-state index in [0.717, 1.165) is 70.6 Å². The molecule has 0 aromatic rings. The van der Waals surface area contributed by atoms with Gasteiger partial charge in [0, 0.05) is 6.42 Å². The third-order valence-electron chi connectivity index (χ3n) is 15.5. The van der Waals surface area contributed by atoms with Gasteiger partial charge in [-0.2, -0.15) is 0 Å². The molecule has 0 aliphatic carbocycles. The summed E-state index contributed by atoms with van der Waals surface area (Å²) in [6.45, 7) is 3.70. The second-order valence-electron chi connectivity index (χ2n) is 22.9. The van der Waals surface area contributed by atoms with Crippen LogP contribution in [0.5, 0.6) is 0 Å². The van der Waals surface area contributed by atoms with E-state index in [1.807, 2.05) is 6.08 Å². The lowest BCUT2D eigenvalue weighted by atomic mass is 9.99. The van der Waals surface area contributed by atoms with Gasteiger partial charge in [0.05, 0.1) is 25.4 Å². The van der Waals surface area contributed by atoms with Crippen molar-refractivity contribution in [1.29, 1.82) is 0 Å². The number of carbonyl (C=O) groups excluding carboxylic acids is 1. The van der Waals surface area contributed by atoms with Gasteiger partial charge >= 0.3 is 0 Å². The van der Waals surface area contributed by atoms with Crippen LogP contribution in [-0.4, -0.2) is 87.5 Å². The number of carbonyl (C=O) groups is 1. The summed E-state index contributed by atoms with van der Waals surface area (Å²) in [5.41, 5.74) is 0. The van der Waals surface area contributed by atoms with Crippen LogP contribution in [0.2, 0.25) is 0 Å². The summed E-state index contributed by atoms with van der Waals surface area (Å²) in [4.78, 5) is 13.1. The maximum absolute atomic E-state index is 13.1. The molecule has 1 rings (SSSR count). The van der Waals surface area contributed by atoms with Crippen LogP contribution in [0.1, 0.15) is 303 Å². The van der Waals surface area contributed by atoms with Gasteiger partial charge in [0.25, 0.3) is 0 Å². The van der Waals surface area contributed by atoms with Gasteiger partial charge in [0.2, 0.25) is 5.91 Å². The number of hydrogen-bond acceptors (Lipinski definition) is 8. The summed E-state index contributed by atoms with van der Waals surface area (Å²) in [5.74, 6) is -0.175. The zero-order chi connectivity index (χ0) is 56.5. The molecule has 1 aliphatic rings. The minimum Gasteiger partial charge on any atom is -0.394 e. The Balaban J connectivity index is 2.16. The van der Waals surface area contributed by atoms with Gasteiger partial charge in [-0.25, -0.2) is 0 Å². The van der Waals surface area contributed by atoms with E-state index in [1.54, 1.807) is 6.08 Å². The molecule has 7 atom stereocenters. The SMILES string of the molecule is CC/C=C\C/C=C\C/C=C\C/C=C\C/C=C\CCCCCCCCCCCCCCCCCC(=O)NC(COC1OC(CO)C(O)C(O)C1O)C(O)/C=C/CCCCCCCCCCCCCCCCCCCCCCCC. The van der Waals surface area contributed by atoms with Crippen molar-refractivity contribution in [1.82, 2.24) is 5.32 Å². The average molecular weight is 1100 g/mol. The Labute approximate surface area is 480 Å². The van der Waals surface area contributed by atoms with Crippen molar-refractivity contribution < 1.29 is 39.8 Å². The first kappa shape index (κ1) is 73.6.